The van der Waals surface area contributed by atoms with Gasteiger partial charge in [-0.25, -0.2) is 4.39 Å². The summed E-state index contributed by atoms with van der Waals surface area (Å²) in [6, 6.07) is 12.0. The van der Waals surface area contributed by atoms with Gasteiger partial charge in [0.15, 0.2) is 0 Å². The van der Waals surface area contributed by atoms with E-state index in [-0.39, 0.29) is 11.8 Å². The fraction of sp³-hybridized carbons (Fsp3) is 0.200. The maximum atomic E-state index is 12.9. The average Bonchev–Trinajstić information content (AvgIpc) is 2.37. The Morgan fingerprint density at radius 1 is 1.21 bits per heavy atom. The Balaban J connectivity index is 2.01. The first-order valence-electron chi connectivity index (χ1n) is 6.02. The molecule has 2 N–H and O–H groups in total. The number of hydrogen-bond donors (Lipinski definition) is 2. The maximum Gasteiger partial charge on any atom is 0.126 e. The van der Waals surface area contributed by atoms with Crippen molar-refractivity contribution in [1.29, 1.82) is 0 Å². The van der Waals surface area contributed by atoms with Crippen LogP contribution in [0.1, 0.15) is 24.1 Å². The Kier molecular flexibility index (Phi) is 4.56. The zero-order valence-electron chi connectivity index (χ0n) is 10.5. The van der Waals surface area contributed by atoms with Gasteiger partial charge >= 0.3 is 0 Å². The molecule has 0 amide bonds. The molecule has 0 spiro atoms. The lowest BCUT2D eigenvalue weighted by atomic mass is 10.1. The van der Waals surface area contributed by atoms with Gasteiger partial charge in [-0.05, 0) is 30.7 Å². The van der Waals surface area contributed by atoms with E-state index >= 15 is 0 Å². The van der Waals surface area contributed by atoms with Crippen molar-refractivity contribution in [2.24, 2.45) is 0 Å². The quantitative estimate of drug-likeness (QED) is 0.886. The molecule has 0 aromatic heterocycles. The zero-order chi connectivity index (χ0) is 13.8. The molecule has 100 valence electrons. The highest BCUT2D eigenvalue weighted by Crippen LogP contribution is 2.25. The molecule has 0 fully saturated rings. The molecule has 0 saturated carbocycles. The summed E-state index contributed by atoms with van der Waals surface area (Å²) < 4.78 is 14.0. The first-order chi connectivity index (χ1) is 9.06. The van der Waals surface area contributed by atoms with Crippen molar-refractivity contribution in [3.05, 3.63) is 63.9 Å². The molecule has 2 aromatic rings. The lowest BCUT2D eigenvalue weighted by molar-refractivity contribution is 0.446. The van der Waals surface area contributed by atoms with Crippen LogP contribution in [0.3, 0.4) is 0 Å². The van der Waals surface area contributed by atoms with Gasteiger partial charge < -0.3 is 10.4 Å². The van der Waals surface area contributed by atoms with E-state index in [9.17, 15) is 9.50 Å². The summed E-state index contributed by atoms with van der Waals surface area (Å²) >= 11 is 3.39. The van der Waals surface area contributed by atoms with Gasteiger partial charge in [0.05, 0.1) is 0 Å². The van der Waals surface area contributed by atoms with E-state index in [4.69, 9.17) is 0 Å². The van der Waals surface area contributed by atoms with Crippen LogP contribution < -0.4 is 5.32 Å². The second kappa shape index (κ2) is 6.17. The van der Waals surface area contributed by atoms with Gasteiger partial charge in [-0.1, -0.05) is 34.1 Å². The van der Waals surface area contributed by atoms with E-state index in [1.54, 1.807) is 6.07 Å². The molecule has 1 atom stereocenters. The summed E-state index contributed by atoms with van der Waals surface area (Å²) in [5.41, 5.74) is 1.84. The summed E-state index contributed by atoms with van der Waals surface area (Å²) in [5.74, 6) is -0.447. The lowest BCUT2D eigenvalue weighted by Gasteiger charge is -2.15. The Hall–Kier alpha value is -1.39. The Labute approximate surface area is 120 Å². The molecule has 0 heterocycles. The number of halogens is 2. The number of phenolic OH excluding ortho intramolecular Hbond substituents is 1. The largest absolute Gasteiger partial charge is 0.508 e. The first-order valence-corrected chi connectivity index (χ1v) is 6.82. The van der Waals surface area contributed by atoms with Gasteiger partial charge in [-0.15, -0.1) is 0 Å². The molecule has 2 aromatic carbocycles. The minimum atomic E-state index is -0.429. The van der Waals surface area contributed by atoms with E-state index < -0.39 is 5.82 Å². The molecule has 19 heavy (non-hydrogen) atoms. The predicted molar refractivity (Wildman–Crippen MR) is 77.5 cm³/mol. The van der Waals surface area contributed by atoms with Crippen molar-refractivity contribution in [2.45, 2.75) is 19.5 Å². The minimum absolute atomic E-state index is 0.0178. The lowest BCUT2D eigenvalue weighted by Crippen LogP contribution is -2.18. The topological polar surface area (TPSA) is 32.3 Å². The highest BCUT2D eigenvalue weighted by molar-refractivity contribution is 9.10. The SMILES string of the molecule is CC(NCc1ccc(Br)cc1)c1ccc(F)cc1O. The highest BCUT2D eigenvalue weighted by atomic mass is 79.9. The molecule has 4 heteroatoms. The second-order valence-electron chi connectivity index (χ2n) is 4.43. The zero-order valence-corrected chi connectivity index (χ0v) is 12.1. The summed E-state index contributed by atoms with van der Waals surface area (Å²) in [6.45, 7) is 2.62. The molecule has 0 aliphatic heterocycles. The van der Waals surface area contributed by atoms with E-state index in [1.807, 2.05) is 31.2 Å². The number of rotatable bonds is 4. The summed E-state index contributed by atoms with van der Waals surface area (Å²) in [6.07, 6.45) is 0. The van der Waals surface area contributed by atoms with Crippen LogP contribution in [-0.2, 0) is 6.54 Å². The molecule has 0 saturated heterocycles. The van der Waals surface area contributed by atoms with E-state index in [0.717, 1.165) is 16.1 Å². The maximum absolute atomic E-state index is 12.9. The molecule has 2 nitrogen and oxygen atoms in total. The number of nitrogens with one attached hydrogen (secondary N) is 1. The van der Waals surface area contributed by atoms with Gasteiger partial charge in [0, 0.05) is 28.7 Å². The normalized spacial score (nSPS) is 12.4. The van der Waals surface area contributed by atoms with Gasteiger partial charge in [-0.2, -0.15) is 0 Å². The van der Waals surface area contributed by atoms with Crippen LogP contribution in [0.5, 0.6) is 5.75 Å². The summed E-state index contributed by atoms with van der Waals surface area (Å²) in [4.78, 5) is 0. The van der Waals surface area contributed by atoms with Gasteiger partial charge in [0.1, 0.15) is 11.6 Å². The molecule has 0 radical (unpaired) electrons. The van der Waals surface area contributed by atoms with Crippen molar-refractivity contribution in [1.82, 2.24) is 5.32 Å². The molecule has 1 unspecified atom stereocenters. The van der Waals surface area contributed by atoms with Gasteiger partial charge in [0.25, 0.3) is 0 Å². The van der Waals surface area contributed by atoms with Crippen molar-refractivity contribution < 1.29 is 9.50 Å². The van der Waals surface area contributed by atoms with Crippen LogP contribution in [0.4, 0.5) is 4.39 Å². The van der Waals surface area contributed by atoms with Crippen LogP contribution in [0.15, 0.2) is 46.9 Å². The molecular formula is C15H15BrFNO. The highest BCUT2D eigenvalue weighted by Gasteiger charge is 2.10. The van der Waals surface area contributed by atoms with E-state index in [2.05, 4.69) is 21.2 Å². The third-order valence-corrected chi connectivity index (χ3v) is 3.51. The van der Waals surface area contributed by atoms with Crippen LogP contribution in [-0.4, -0.2) is 5.11 Å². The third-order valence-electron chi connectivity index (χ3n) is 2.98. The standard InChI is InChI=1S/C15H15BrFNO/c1-10(14-7-6-13(17)8-15(14)19)18-9-11-2-4-12(16)5-3-11/h2-8,10,18-19H,9H2,1H3. The molecule has 0 bridgehead atoms. The van der Waals surface area contributed by atoms with Crippen molar-refractivity contribution in [3.63, 3.8) is 0 Å². The molecule has 0 aliphatic rings. The number of benzene rings is 2. The van der Waals surface area contributed by atoms with Crippen LogP contribution in [0.25, 0.3) is 0 Å². The first kappa shape index (κ1) is 14.0. The Morgan fingerprint density at radius 3 is 2.53 bits per heavy atom. The second-order valence-corrected chi connectivity index (χ2v) is 5.35. The Morgan fingerprint density at radius 2 is 1.89 bits per heavy atom. The van der Waals surface area contributed by atoms with Crippen molar-refractivity contribution in [2.75, 3.05) is 0 Å². The third kappa shape index (κ3) is 3.78. The van der Waals surface area contributed by atoms with Crippen molar-refractivity contribution in [3.8, 4) is 5.75 Å². The van der Waals surface area contributed by atoms with Crippen LogP contribution in [0.2, 0.25) is 0 Å². The average molecular weight is 324 g/mol. The fourth-order valence-corrected chi connectivity index (χ4v) is 2.13. The monoisotopic (exact) mass is 323 g/mol. The van der Waals surface area contributed by atoms with Gasteiger partial charge in [0.2, 0.25) is 0 Å². The molecule has 2 rings (SSSR count). The number of aromatic hydroxyl groups is 1. The molecule has 0 aliphatic carbocycles. The number of phenols is 1. The van der Waals surface area contributed by atoms with E-state index in [0.29, 0.717) is 12.1 Å². The smallest absolute Gasteiger partial charge is 0.126 e. The number of hydrogen-bond acceptors (Lipinski definition) is 2. The predicted octanol–water partition coefficient (Wildman–Crippen LogP) is 4.14. The Bertz CT molecular complexity index is 557. The van der Waals surface area contributed by atoms with Gasteiger partial charge in [-0.3, -0.25) is 0 Å². The van der Waals surface area contributed by atoms with E-state index in [1.165, 1.54) is 6.07 Å². The summed E-state index contributed by atoms with van der Waals surface area (Å²) in [7, 11) is 0. The van der Waals surface area contributed by atoms with Crippen molar-refractivity contribution >= 4 is 15.9 Å². The molecular weight excluding hydrogens is 309 g/mol. The van der Waals surface area contributed by atoms with Crippen LogP contribution >= 0.6 is 15.9 Å². The minimum Gasteiger partial charge on any atom is -0.508 e. The fourth-order valence-electron chi connectivity index (χ4n) is 1.87. The summed E-state index contributed by atoms with van der Waals surface area (Å²) in [5, 5.41) is 13.0. The van der Waals surface area contributed by atoms with Crippen LogP contribution in [0, 0.1) is 5.82 Å².